The molecule has 0 N–H and O–H groups in total. The van der Waals surface area contributed by atoms with E-state index >= 15 is 0 Å². The number of aromatic nitrogens is 1. The summed E-state index contributed by atoms with van der Waals surface area (Å²) < 4.78 is 6.48. The second-order valence-electron chi connectivity index (χ2n) is 5.30. The first-order valence-electron chi connectivity index (χ1n) is 7.74. The Kier molecular flexibility index (Phi) is 5.65. The molecule has 0 radical (unpaired) electrons. The van der Waals surface area contributed by atoms with Crippen molar-refractivity contribution in [1.82, 2.24) is 4.68 Å². The number of thiazole rings is 1. The van der Waals surface area contributed by atoms with Crippen molar-refractivity contribution in [1.29, 1.82) is 0 Å². The molecule has 0 atom stereocenters. The first-order chi connectivity index (χ1) is 12.6. The first-order valence-corrected chi connectivity index (χ1v) is 9.00. The van der Waals surface area contributed by atoms with Crippen molar-refractivity contribution in [3.63, 3.8) is 0 Å². The van der Waals surface area contributed by atoms with Gasteiger partial charge in [0.05, 0.1) is 24.6 Å². The number of esters is 1. The van der Waals surface area contributed by atoms with Gasteiger partial charge >= 0.3 is 5.97 Å². The van der Waals surface area contributed by atoms with Gasteiger partial charge in [0.2, 0.25) is 4.80 Å². The Balaban J connectivity index is 1.94. The second kappa shape index (κ2) is 8.12. The normalized spacial score (nSPS) is 11.9. The van der Waals surface area contributed by atoms with Crippen LogP contribution in [0.1, 0.15) is 15.9 Å². The molecular weight excluding hydrogens is 370 g/mol. The lowest BCUT2D eigenvalue weighted by molar-refractivity contribution is 0.0600. The molecule has 0 spiro atoms. The Morgan fingerprint density at radius 1 is 1.15 bits per heavy atom. The summed E-state index contributed by atoms with van der Waals surface area (Å²) in [5.41, 5.74) is 3.29. The molecule has 2 aromatic carbocycles. The molecule has 26 heavy (non-hydrogen) atoms. The van der Waals surface area contributed by atoms with Gasteiger partial charge < -0.3 is 4.74 Å². The van der Waals surface area contributed by atoms with Crippen LogP contribution in [0.3, 0.4) is 0 Å². The van der Waals surface area contributed by atoms with E-state index in [2.05, 4.69) is 10.1 Å². The molecule has 7 heteroatoms. The van der Waals surface area contributed by atoms with Crippen molar-refractivity contribution >= 4 is 35.1 Å². The molecule has 0 bridgehead atoms. The Labute approximate surface area is 159 Å². The van der Waals surface area contributed by atoms with Crippen LogP contribution < -0.4 is 4.80 Å². The summed E-state index contributed by atoms with van der Waals surface area (Å²) in [5, 5.41) is 7.25. The molecule has 1 heterocycles. The summed E-state index contributed by atoms with van der Waals surface area (Å²) in [5.74, 6) is -0.363. The predicted molar refractivity (Wildman–Crippen MR) is 105 cm³/mol. The molecular formula is C19H16ClN3O2S. The zero-order valence-corrected chi connectivity index (χ0v) is 15.8. The van der Waals surface area contributed by atoms with Gasteiger partial charge in [-0.3, -0.25) is 4.99 Å². The minimum absolute atomic E-state index is 0.363. The van der Waals surface area contributed by atoms with Crippen LogP contribution in [0, 0.1) is 0 Å². The number of rotatable bonds is 4. The van der Waals surface area contributed by atoms with E-state index in [9.17, 15) is 4.79 Å². The standard InChI is InChI=1S/C19H16ClN3O2S/c1-21-19-23(17(12-26-19)14-7-9-16(20)10-8-14)22-11-13-3-5-15(6-4-13)18(24)25-2/h3-12H,1-2H3. The summed E-state index contributed by atoms with van der Waals surface area (Å²) in [7, 11) is 3.09. The van der Waals surface area contributed by atoms with E-state index in [4.69, 9.17) is 16.3 Å². The van der Waals surface area contributed by atoms with E-state index < -0.39 is 0 Å². The highest BCUT2D eigenvalue weighted by atomic mass is 35.5. The Morgan fingerprint density at radius 3 is 2.46 bits per heavy atom. The zero-order chi connectivity index (χ0) is 18.5. The van der Waals surface area contributed by atoms with Crippen LogP contribution in [-0.2, 0) is 4.74 Å². The first kappa shape index (κ1) is 18.1. The highest BCUT2D eigenvalue weighted by molar-refractivity contribution is 7.07. The third-order valence-corrected chi connectivity index (χ3v) is 4.83. The number of hydrogen-bond acceptors (Lipinski definition) is 5. The molecule has 0 amide bonds. The van der Waals surface area contributed by atoms with Gasteiger partial charge in [0.1, 0.15) is 0 Å². The van der Waals surface area contributed by atoms with Crippen molar-refractivity contribution in [3.8, 4) is 11.3 Å². The SMILES string of the molecule is CN=c1scc(-c2ccc(Cl)cc2)n1N=Cc1ccc(C(=O)OC)cc1. The molecule has 132 valence electrons. The molecule has 0 aliphatic heterocycles. The van der Waals surface area contributed by atoms with Crippen LogP contribution in [0.4, 0.5) is 0 Å². The molecule has 0 unspecified atom stereocenters. The molecule has 0 aliphatic carbocycles. The minimum Gasteiger partial charge on any atom is -0.465 e. The Hall–Kier alpha value is -2.70. The summed E-state index contributed by atoms with van der Waals surface area (Å²) in [6.45, 7) is 0. The molecule has 0 saturated heterocycles. The number of carbonyl (C=O) groups excluding carboxylic acids is 1. The van der Waals surface area contributed by atoms with Crippen LogP contribution in [0.25, 0.3) is 11.3 Å². The summed E-state index contributed by atoms with van der Waals surface area (Å²) in [6, 6.07) is 14.6. The van der Waals surface area contributed by atoms with Crippen LogP contribution in [0.2, 0.25) is 5.02 Å². The highest BCUT2D eigenvalue weighted by Gasteiger charge is 2.07. The van der Waals surface area contributed by atoms with Crippen LogP contribution in [0.15, 0.2) is 64.0 Å². The van der Waals surface area contributed by atoms with Gasteiger partial charge in [-0.25, -0.2) is 9.47 Å². The average molecular weight is 386 g/mol. The summed E-state index contributed by atoms with van der Waals surface area (Å²) in [6.07, 6.45) is 1.72. The molecule has 5 nitrogen and oxygen atoms in total. The topological polar surface area (TPSA) is 56.0 Å². The number of carbonyl (C=O) groups is 1. The van der Waals surface area contributed by atoms with Crippen molar-refractivity contribution < 1.29 is 9.53 Å². The molecule has 1 aromatic heterocycles. The largest absolute Gasteiger partial charge is 0.465 e. The number of ether oxygens (including phenoxy) is 1. The van der Waals surface area contributed by atoms with Gasteiger partial charge in [-0.05, 0) is 29.8 Å². The number of nitrogens with zero attached hydrogens (tertiary/aromatic N) is 3. The average Bonchev–Trinajstić information content (AvgIpc) is 3.09. The number of benzene rings is 2. The van der Waals surface area contributed by atoms with Gasteiger partial charge in [0.25, 0.3) is 0 Å². The van der Waals surface area contributed by atoms with E-state index in [0.717, 1.165) is 21.6 Å². The van der Waals surface area contributed by atoms with Crippen molar-refractivity contribution in [2.45, 2.75) is 0 Å². The predicted octanol–water partition coefficient (Wildman–Crippen LogP) is 4.07. The fourth-order valence-electron chi connectivity index (χ4n) is 2.33. The van der Waals surface area contributed by atoms with Crippen molar-refractivity contribution in [2.75, 3.05) is 14.2 Å². The minimum atomic E-state index is -0.363. The number of halogens is 1. The van der Waals surface area contributed by atoms with Gasteiger partial charge in [-0.2, -0.15) is 5.10 Å². The summed E-state index contributed by atoms with van der Waals surface area (Å²) in [4.78, 5) is 16.5. The fraction of sp³-hybridized carbons (Fsp3) is 0.105. The monoisotopic (exact) mass is 385 g/mol. The van der Waals surface area contributed by atoms with Gasteiger partial charge in [-0.1, -0.05) is 35.9 Å². The van der Waals surface area contributed by atoms with Crippen LogP contribution in [0.5, 0.6) is 0 Å². The van der Waals surface area contributed by atoms with E-state index in [1.165, 1.54) is 18.4 Å². The van der Waals surface area contributed by atoms with E-state index in [-0.39, 0.29) is 5.97 Å². The van der Waals surface area contributed by atoms with E-state index in [1.54, 1.807) is 30.1 Å². The van der Waals surface area contributed by atoms with Crippen molar-refractivity contribution in [3.05, 3.63) is 74.9 Å². The molecule has 0 fully saturated rings. The number of methoxy groups -OCH3 is 1. The quantitative estimate of drug-likeness (QED) is 0.502. The van der Waals surface area contributed by atoms with Gasteiger partial charge in [0.15, 0.2) is 0 Å². The zero-order valence-electron chi connectivity index (χ0n) is 14.2. The lowest BCUT2D eigenvalue weighted by Crippen LogP contribution is -2.11. The molecule has 0 saturated carbocycles. The van der Waals surface area contributed by atoms with E-state index in [1.807, 2.05) is 41.8 Å². The van der Waals surface area contributed by atoms with Gasteiger partial charge in [0, 0.05) is 23.0 Å². The molecule has 3 aromatic rings. The Morgan fingerprint density at radius 2 is 1.85 bits per heavy atom. The van der Waals surface area contributed by atoms with Crippen LogP contribution in [-0.4, -0.2) is 31.0 Å². The van der Waals surface area contributed by atoms with Crippen molar-refractivity contribution in [2.24, 2.45) is 10.1 Å². The van der Waals surface area contributed by atoms with Crippen LogP contribution >= 0.6 is 22.9 Å². The van der Waals surface area contributed by atoms with E-state index in [0.29, 0.717) is 10.6 Å². The third kappa shape index (κ3) is 3.92. The molecule has 0 aliphatic rings. The van der Waals surface area contributed by atoms with Gasteiger partial charge in [-0.15, -0.1) is 11.3 Å². The molecule has 3 rings (SSSR count). The summed E-state index contributed by atoms with van der Waals surface area (Å²) >= 11 is 7.48. The lowest BCUT2D eigenvalue weighted by Gasteiger charge is -2.04. The highest BCUT2D eigenvalue weighted by Crippen LogP contribution is 2.22. The lowest BCUT2D eigenvalue weighted by atomic mass is 10.1. The Bertz CT molecular complexity index is 1000. The number of hydrogen-bond donors (Lipinski definition) is 0. The maximum Gasteiger partial charge on any atom is 0.337 e. The maximum absolute atomic E-state index is 11.5. The maximum atomic E-state index is 11.5. The third-order valence-electron chi connectivity index (χ3n) is 3.67. The second-order valence-corrected chi connectivity index (χ2v) is 6.58. The smallest absolute Gasteiger partial charge is 0.337 e. The fourth-order valence-corrected chi connectivity index (χ4v) is 3.26.